The normalized spacial score (nSPS) is 52.1. The highest BCUT2D eigenvalue weighted by Gasteiger charge is 2.69. The van der Waals surface area contributed by atoms with Gasteiger partial charge in [-0.1, -0.05) is 53.2 Å². The van der Waals surface area contributed by atoms with Gasteiger partial charge in [0.1, 0.15) is 0 Å². The number of aliphatic hydroxyl groups is 4. The molecule has 0 aromatic heterocycles. The third kappa shape index (κ3) is 3.77. The molecule has 4 aliphatic rings. The molecular weight excluding hydrogens is 412 g/mol. The number of fused-ring (bicyclic) bond motifs is 5. The van der Waals surface area contributed by atoms with E-state index in [-0.39, 0.29) is 23.7 Å². The molecule has 0 radical (unpaired) electrons. The molecule has 12 atom stereocenters. The molecule has 0 heterocycles. The van der Waals surface area contributed by atoms with Crippen LogP contribution in [-0.4, -0.2) is 44.3 Å². The van der Waals surface area contributed by atoms with Crippen molar-refractivity contribution in [2.75, 3.05) is 0 Å². The molecule has 0 saturated heterocycles. The molecule has 4 nitrogen and oxygen atoms in total. The summed E-state index contributed by atoms with van der Waals surface area (Å²) in [6.07, 6.45) is 5.80. The van der Waals surface area contributed by atoms with Crippen LogP contribution in [0.2, 0.25) is 0 Å². The first-order chi connectivity index (χ1) is 15.3. The number of hydrogen-bond donors (Lipinski definition) is 4. The maximum Gasteiger partial charge on any atom is 0.0986 e. The van der Waals surface area contributed by atoms with Gasteiger partial charge in [0.25, 0.3) is 0 Å². The lowest BCUT2D eigenvalue weighted by molar-refractivity contribution is -0.282. The van der Waals surface area contributed by atoms with Crippen LogP contribution in [0.25, 0.3) is 0 Å². The highest BCUT2D eigenvalue weighted by atomic mass is 16.3. The Balaban J connectivity index is 1.63. The van der Waals surface area contributed by atoms with Gasteiger partial charge in [-0.15, -0.1) is 0 Å². The third-order valence-electron chi connectivity index (χ3n) is 11.7. The van der Waals surface area contributed by atoms with Crippen LogP contribution in [-0.2, 0) is 0 Å². The Labute approximate surface area is 201 Å². The fourth-order valence-corrected chi connectivity index (χ4v) is 9.49. The first-order valence-electron chi connectivity index (χ1n) is 13.7. The van der Waals surface area contributed by atoms with E-state index in [9.17, 15) is 20.4 Å². The maximum atomic E-state index is 11.7. The van der Waals surface area contributed by atoms with Gasteiger partial charge in [0.2, 0.25) is 0 Å². The topological polar surface area (TPSA) is 80.9 Å². The summed E-state index contributed by atoms with van der Waals surface area (Å²) >= 11 is 0. The minimum Gasteiger partial charge on any atom is -0.393 e. The lowest BCUT2D eigenvalue weighted by atomic mass is 9.41. The molecule has 4 saturated carbocycles. The Hall–Kier alpha value is -0.420. The monoisotopic (exact) mass is 462 g/mol. The van der Waals surface area contributed by atoms with Gasteiger partial charge in [0.15, 0.2) is 0 Å². The van der Waals surface area contributed by atoms with Crippen molar-refractivity contribution in [2.24, 2.45) is 52.3 Å². The van der Waals surface area contributed by atoms with Gasteiger partial charge >= 0.3 is 0 Å². The molecule has 0 bridgehead atoms. The zero-order valence-electron chi connectivity index (χ0n) is 22.1. The minimum absolute atomic E-state index is 0.0104. The average molecular weight is 463 g/mol. The summed E-state index contributed by atoms with van der Waals surface area (Å²) in [6.45, 7) is 16.0. The molecule has 4 fully saturated rings. The number of hydrogen-bond acceptors (Lipinski definition) is 4. The Morgan fingerprint density at radius 3 is 2.27 bits per heavy atom. The van der Waals surface area contributed by atoms with E-state index in [0.717, 1.165) is 12.8 Å². The van der Waals surface area contributed by atoms with Crippen LogP contribution < -0.4 is 0 Å². The van der Waals surface area contributed by atoms with Crippen molar-refractivity contribution >= 4 is 0 Å². The van der Waals surface area contributed by atoms with Gasteiger partial charge in [-0.2, -0.15) is 0 Å². The van der Waals surface area contributed by atoms with Crippen LogP contribution in [0.3, 0.4) is 0 Å². The molecule has 33 heavy (non-hydrogen) atoms. The molecule has 0 spiro atoms. The van der Waals surface area contributed by atoms with E-state index in [1.807, 2.05) is 0 Å². The van der Waals surface area contributed by atoms with Crippen LogP contribution >= 0.6 is 0 Å². The van der Waals surface area contributed by atoms with E-state index in [0.29, 0.717) is 48.9 Å². The van der Waals surface area contributed by atoms with Gasteiger partial charge in [0.05, 0.1) is 23.9 Å². The molecular formula is C29H50O4. The van der Waals surface area contributed by atoms with E-state index >= 15 is 0 Å². The summed E-state index contributed by atoms with van der Waals surface area (Å²) < 4.78 is 0. The molecule has 0 aliphatic heterocycles. The lowest BCUT2D eigenvalue weighted by Gasteiger charge is -2.66. The third-order valence-corrected chi connectivity index (χ3v) is 11.7. The van der Waals surface area contributed by atoms with Crippen LogP contribution in [0.15, 0.2) is 11.6 Å². The summed E-state index contributed by atoms with van der Waals surface area (Å²) in [6, 6.07) is 0. The molecule has 4 rings (SSSR count). The maximum absolute atomic E-state index is 11.7. The smallest absolute Gasteiger partial charge is 0.0986 e. The SMILES string of the molecule is CC(=CC(C)[C@H]1CC[C@H]2[C@@H]3CC(O)C4(O)CC(O)CC[C@]4(C)[C@H]3C(O)C[C@]12C)C(C)C(C)C. The van der Waals surface area contributed by atoms with Crippen LogP contribution in [0, 0.1) is 52.3 Å². The van der Waals surface area contributed by atoms with Crippen molar-refractivity contribution < 1.29 is 20.4 Å². The second-order valence-electron chi connectivity index (χ2n) is 13.5. The van der Waals surface area contributed by atoms with Crippen molar-refractivity contribution in [3.63, 3.8) is 0 Å². The molecule has 6 unspecified atom stereocenters. The number of aliphatic hydroxyl groups excluding tert-OH is 3. The predicted molar refractivity (Wildman–Crippen MR) is 132 cm³/mol. The summed E-state index contributed by atoms with van der Waals surface area (Å²) in [7, 11) is 0. The predicted octanol–water partition coefficient (Wildman–Crippen LogP) is 4.94. The molecule has 4 heteroatoms. The Morgan fingerprint density at radius 2 is 1.64 bits per heavy atom. The van der Waals surface area contributed by atoms with Crippen molar-refractivity contribution in [3.8, 4) is 0 Å². The summed E-state index contributed by atoms with van der Waals surface area (Å²) in [4.78, 5) is 0. The van der Waals surface area contributed by atoms with Crippen molar-refractivity contribution in [1.82, 2.24) is 0 Å². The first-order valence-corrected chi connectivity index (χ1v) is 13.7. The van der Waals surface area contributed by atoms with Crippen LogP contribution in [0.5, 0.6) is 0 Å². The standard InChI is InChI=1S/C29H50O4/c1-16(2)19(5)17(3)12-18(4)22-8-9-23-21-13-25(32)29(33)14-20(30)10-11-28(29,7)26(21)24(31)15-27(22,23)6/h12,16,18-26,30-33H,8-11,13-15H2,1-7H3/t18?,19?,20?,21-,22+,23-,24?,25?,26+,27+,28+,29?/m0/s1. The van der Waals surface area contributed by atoms with E-state index in [1.165, 1.54) is 12.0 Å². The molecule has 0 aromatic rings. The fourth-order valence-electron chi connectivity index (χ4n) is 9.49. The number of rotatable bonds is 4. The second kappa shape index (κ2) is 8.61. The average Bonchev–Trinajstić information content (AvgIpc) is 3.06. The zero-order chi connectivity index (χ0) is 24.5. The summed E-state index contributed by atoms with van der Waals surface area (Å²) in [5.74, 6) is 2.90. The van der Waals surface area contributed by atoms with E-state index < -0.39 is 29.3 Å². The van der Waals surface area contributed by atoms with Crippen LogP contribution in [0.1, 0.15) is 93.4 Å². The van der Waals surface area contributed by atoms with Gasteiger partial charge in [-0.25, -0.2) is 0 Å². The van der Waals surface area contributed by atoms with E-state index in [2.05, 4.69) is 54.5 Å². The first kappa shape index (κ1) is 25.7. The quantitative estimate of drug-likeness (QED) is 0.446. The highest BCUT2D eigenvalue weighted by Crippen LogP contribution is 2.69. The Kier molecular flexibility index (Phi) is 6.69. The van der Waals surface area contributed by atoms with Crippen molar-refractivity contribution in [2.45, 2.75) is 117 Å². The van der Waals surface area contributed by atoms with E-state index in [1.54, 1.807) is 0 Å². The lowest BCUT2D eigenvalue weighted by Crippen LogP contribution is -2.71. The molecule has 0 amide bonds. The molecule has 4 N–H and O–H groups in total. The van der Waals surface area contributed by atoms with Gasteiger partial charge in [0, 0.05) is 11.8 Å². The second-order valence-corrected chi connectivity index (χ2v) is 13.5. The van der Waals surface area contributed by atoms with E-state index in [4.69, 9.17) is 0 Å². The van der Waals surface area contributed by atoms with Crippen molar-refractivity contribution in [3.05, 3.63) is 11.6 Å². The molecule has 4 aliphatic carbocycles. The molecule has 0 aromatic carbocycles. The Bertz CT molecular complexity index is 763. The summed E-state index contributed by atoms with van der Waals surface area (Å²) in [5, 5.41) is 44.8. The van der Waals surface area contributed by atoms with Gasteiger partial charge in [-0.3, -0.25) is 0 Å². The van der Waals surface area contributed by atoms with Crippen molar-refractivity contribution in [1.29, 1.82) is 0 Å². The largest absolute Gasteiger partial charge is 0.393 e. The molecule has 190 valence electrons. The minimum atomic E-state index is -1.31. The fraction of sp³-hybridized carbons (Fsp3) is 0.931. The highest BCUT2D eigenvalue weighted by molar-refractivity contribution is 5.20. The van der Waals surface area contributed by atoms with Gasteiger partial charge < -0.3 is 20.4 Å². The summed E-state index contributed by atoms with van der Waals surface area (Å²) in [5.41, 5.74) is -0.330. The zero-order valence-corrected chi connectivity index (χ0v) is 22.1. The van der Waals surface area contributed by atoms with Gasteiger partial charge in [-0.05, 0) is 92.3 Å². The number of allylic oxidation sites excluding steroid dienone is 2. The Morgan fingerprint density at radius 1 is 0.970 bits per heavy atom. The van der Waals surface area contributed by atoms with Crippen LogP contribution in [0.4, 0.5) is 0 Å².